The number of aromatic nitrogens is 1. The first-order valence-corrected chi connectivity index (χ1v) is 5.03. The summed E-state index contributed by atoms with van der Waals surface area (Å²) in [7, 11) is 1.79. The van der Waals surface area contributed by atoms with Gasteiger partial charge >= 0.3 is 0 Å². The Morgan fingerprint density at radius 3 is 2.75 bits per heavy atom. The van der Waals surface area contributed by atoms with Gasteiger partial charge in [-0.15, -0.1) is 0 Å². The Bertz CT molecular complexity index is 388. The predicted octanol–water partition coefficient (Wildman–Crippen LogP) is 0.00559. The van der Waals surface area contributed by atoms with Crippen LogP contribution in [-0.4, -0.2) is 35.4 Å². The predicted molar refractivity (Wildman–Crippen MR) is 65.4 cm³/mol. The van der Waals surface area contributed by atoms with Crippen LogP contribution in [0, 0.1) is 12.3 Å². The van der Waals surface area contributed by atoms with Crippen molar-refractivity contribution in [2.24, 2.45) is 16.5 Å². The van der Waals surface area contributed by atoms with E-state index in [0.717, 1.165) is 12.1 Å². The van der Waals surface area contributed by atoms with Crippen molar-refractivity contribution in [3.8, 4) is 0 Å². The molecule has 0 bridgehead atoms. The summed E-state index contributed by atoms with van der Waals surface area (Å²) < 4.78 is 0. The summed E-state index contributed by atoms with van der Waals surface area (Å²) in [6, 6.07) is 2.04. The molecule has 6 heteroatoms. The van der Waals surface area contributed by atoms with Gasteiger partial charge in [0.05, 0.1) is 0 Å². The number of nitrogens with one attached hydrogen (secondary N) is 2. The molecule has 0 fully saturated rings. The summed E-state index contributed by atoms with van der Waals surface area (Å²) >= 11 is 0. The van der Waals surface area contributed by atoms with Crippen LogP contribution in [0.5, 0.6) is 0 Å². The molecule has 0 saturated carbocycles. The first-order chi connectivity index (χ1) is 7.50. The van der Waals surface area contributed by atoms with Crippen LogP contribution in [-0.2, 0) is 6.42 Å². The van der Waals surface area contributed by atoms with Crippen LogP contribution in [0.25, 0.3) is 0 Å². The second kappa shape index (κ2) is 5.20. The standard InChI is InChI=1S/C10H18N6/c1-7-8(3-5-14-7)4-6-16(2)10(13)15-9(11)12/h3,5,14H,4,6H2,1-2H3,(H5,11,12,13,15). The van der Waals surface area contributed by atoms with Crippen molar-refractivity contribution in [1.29, 1.82) is 5.41 Å². The van der Waals surface area contributed by atoms with Crippen molar-refractivity contribution < 1.29 is 0 Å². The van der Waals surface area contributed by atoms with E-state index in [9.17, 15) is 0 Å². The second-order valence-corrected chi connectivity index (χ2v) is 3.66. The largest absolute Gasteiger partial charge is 0.370 e. The number of likely N-dealkylation sites (N-methyl/N-ethyl adjacent to an activating group) is 1. The third kappa shape index (κ3) is 3.30. The van der Waals surface area contributed by atoms with Gasteiger partial charge in [0.15, 0.2) is 5.96 Å². The molecule has 6 nitrogen and oxygen atoms in total. The van der Waals surface area contributed by atoms with E-state index in [1.807, 2.05) is 19.2 Å². The molecule has 88 valence electrons. The molecule has 1 aromatic rings. The molecule has 6 N–H and O–H groups in total. The highest BCUT2D eigenvalue weighted by atomic mass is 15.2. The molecule has 0 aliphatic carbocycles. The molecule has 1 rings (SSSR count). The lowest BCUT2D eigenvalue weighted by molar-refractivity contribution is 0.499. The lowest BCUT2D eigenvalue weighted by Crippen LogP contribution is -2.31. The van der Waals surface area contributed by atoms with Gasteiger partial charge in [0.1, 0.15) is 0 Å². The van der Waals surface area contributed by atoms with Crippen molar-refractivity contribution in [3.05, 3.63) is 23.5 Å². The van der Waals surface area contributed by atoms with Crippen molar-refractivity contribution in [2.75, 3.05) is 13.6 Å². The second-order valence-electron chi connectivity index (χ2n) is 3.66. The minimum atomic E-state index is -0.0883. The highest BCUT2D eigenvalue weighted by molar-refractivity contribution is 5.91. The maximum Gasteiger partial charge on any atom is 0.220 e. The van der Waals surface area contributed by atoms with Crippen molar-refractivity contribution in [2.45, 2.75) is 13.3 Å². The van der Waals surface area contributed by atoms with E-state index in [4.69, 9.17) is 16.9 Å². The Morgan fingerprint density at radius 1 is 1.56 bits per heavy atom. The van der Waals surface area contributed by atoms with E-state index in [-0.39, 0.29) is 11.9 Å². The molecule has 0 radical (unpaired) electrons. The molecule has 16 heavy (non-hydrogen) atoms. The van der Waals surface area contributed by atoms with Gasteiger partial charge in [0, 0.05) is 25.5 Å². The van der Waals surface area contributed by atoms with E-state index in [1.54, 1.807) is 11.9 Å². The zero-order valence-electron chi connectivity index (χ0n) is 9.62. The molecule has 0 atom stereocenters. The Kier molecular flexibility index (Phi) is 3.93. The molecule has 1 heterocycles. The number of nitrogens with two attached hydrogens (primary N) is 2. The van der Waals surface area contributed by atoms with Crippen LogP contribution >= 0.6 is 0 Å². The summed E-state index contributed by atoms with van der Waals surface area (Å²) in [6.07, 6.45) is 2.76. The van der Waals surface area contributed by atoms with E-state index in [2.05, 4.69) is 9.98 Å². The van der Waals surface area contributed by atoms with Gasteiger partial charge in [0.25, 0.3) is 0 Å². The first kappa shape index (κ1) is 12.1. The Morgan fingerprint density at radius 2 is 2.25 bits per heavy atom. The van der Waals surface area contributed by atoms with Crippen LogP contribution in [0.15, 0.2) is 17.3 Å². The molecular weight excluding hydrogens is 204 g/mol. The van der Waals surface area contributed by atoms with Gasteiger partial charge in [-0.1, -0.05) is 0 Å². The van der Waals surface area contributed by atoms with E-state index >= 15 is 0 Å². The number of guanidine groups is 2. The molecule has 0 aliphatic rings. The van der Waals surface area contributed by atoms with Gasteiger partial charge in [0.2, 0.25) is 5.96 Å². The molecule has 0 aromatic carbocycles. The quantitative estimate of drug-likeness (QED) is 0.427. The maximum absolute atomic E-state index is 7.58. The first-order valence-electron chi connectivity index (χ1n) is 5.03. The van der Waals surface area contributed by atoms with Gasteiger partial charge in [-0.3, -0.25) is 5.41 Å². The molecule has 0 aliphatic heterocycles. The molecule has 0 unspecified atom stereocenters. The topological polar surface area (TPSA) is 107 Å². The van der Waals surface area contributed by atoms with Crippen LogP contribution in [0.3, 0.4) is 0 Å². The molecule has 0 spiro atoms. The fourth-order valence-corrected chi connectivity index (χ4v) is 1.36. The highest BCUT2D eigenvalue weighted by Gasteiger charge is 2.05. The van der Waals surface area contributed by atoms with Gasteiger partial charge in [-0.05, 0) is 25.0 Å². The lowest BCUT2D eigenvalue weighted by atomic mass is 10.2. The number of aryl methyl sites for hydroxylation is 1. The smallest absolute Gasteiger partial charge is 0.220 e. The number of H-pyrrole nitrogens is 1. The third-order valence-corrected chi connectivity index (χ3v) is 2.38. The fraction of sp³-hybridized carbons (Fsp3) is 0.400. The summed E-state index contributed by atoms with van der Waals surface area (Å²) in [5.74, 6) is -0.0112. The van der Waals surface area contributed by atoms with E-state index in [0.29, 0.717) is 6.54 Å². The van der Waals surface area contributed by atoms with E-state index in [1.165, 1.54) is 5.56 Å². The number of hydrogen-bond acceptors (Lipinski definition) is 1. The zero-order valence-corrected chi connectivity index (χ0v) is 9.62. The van der Waals surface area contributed by atoms with Crippen LogP contribution in [0.1, 0.15) is 11.3 Å². The Balaban J connectivity index is 2.47. The van der Waals surface area contributed by atoms with Crippen molar-refractivity contribution >= 4 is 11.9 Å². The van der Waals surface area contributed by atoms with Crippen LogP contribution in [0.4, 0.5) is 0 Å². The number of nitrogens with zero attached hydrogens (tertiary/aromatic N) is 2. The molecule has 0 saturated heterocycles. The minimum Gasteiger partial charge on any atom is -0.370 e. The number of aromatic amines is 1. The Labute approximate surface area is 94.9 Å². The summed E-state index contributed by atoms with van der Waals surface area (Å²) in [5, 5.41) is 7.58. The average molecular weight is 222 g/mol. The SMILES string of the molecule is Cc1[nH]ccc1CCN(C)C(=N)N=C(N)N. The van der Waals surface area contributed by atoms with Gasteiger partial charge < -0.3 is 21.4 Å². The summed E-state index contributed by atoms with van der Waals surface area (Å²) in [5.41, 5.74) is 12.8. The summed E-state index contributed by atoms with van der Waals surface area (Å²) in [4.78, 5) is 8.49. The monoisotopic (exact) mass is 222 g/mol. The molecular formula is C10H18N6. The van der Waals surface area contributed by atoms with Gasteiger partial charge in [-0.25, -0.2) is 0 Å². The minimum absolute atomic E-state index is 0.0770. The normalized spacial score (nSPS) is 9.88. The van der Waals surface area contributed by atoms with Crippen LogP contribution in [0.2, 0.25) is 0 Å². The van der Waals surface area contributed by atoms with Crippen molar-refractivity contribution in [3.63, 3.8) is 0 Å². The fourth-order valence-electron chi connectivity index (χ4n) is 1.36. The third-order valence-electron chi connectivity index (χ3n) is 2.38. The van der Waals surface area contributed by atoms with Crippen LogP contribution < -0.4 is 11.5 Å². The van der Waals surface area contributed by atoms with E-state index < -0.39 is 0 Å². The molecule has 1 aromatic heterocycles. The molecule has 0 amide bonds. The summed E-state index contributed by atoms with van der Waals surface area (Å²) in [6.45, 7) is 2.73. The zero-order chi connectivity index (χ0) is 12.1. The Hall–Kier alpha value is -1.98. The number of hydrogen-bond donors (Lipinski definition) is 4. The average Bonchev–Trinajstić information content (AvgIpc) is 2.59. The van der Waals surface area contributed by atoms with Crippen molar-refractivity contribution in [1.82, 2.24) is 9.88 Å². The highest BCUT2D eigenvalue weighted by Crippen LogP contribution is 2.06. The number of rotatable bonds is 3. The number of aliphatic imine (C=N–C) groups is 1. The van der Waals surface area contributed by atoms with Gasteiger partial charge in [-0.2, -0.15) is 4.99 Å². The maximum atomic E-state index is 7.58. The lowest BCUT2D eigenvalue weighted by Gasteiger charge is -2.16.